The highest BCUT2D eigenvalue weighted by Crippen LogP contribution is 2.35. The van der Waals surface area contributed by atoms with Gasteiger partial charge in [0, 0.05) is 13.1 Å². The molecule has 3 heterocycles. The molecule has 1 unspecified atom stereocenters. The Kier molecular flexibility index (Phi) is 4.32. The van der Waals surface area contributed by atoms with E-state index in [4.69, 9.17) is 9.41 Å². The molecule has 0 saturated heterocycles. The molecule has 0 spiro atoms. The Hall–Kier alpha value is -2.89. The van der Waals surface area contributed by atoms with Crippen LogP contribution in [0.1, 0.15) is 40.6 Å². The van der Waals surface area contributed by atoms with Crippen LogP contribution < -0.4 is 5.32 Å². The summed E-state index contributed by atoms with van der Waals surface area (Å²) in [5, 5.41) is 3.01. The monoisotopic (exact) mass is 350 g/mol. The number of carbonyl (C=O) groups excluding carboxylic acids is 1. The lowest BCUT2D eigenvalue weighted by Gasteiger charge is -2.18. The smallest absolute Gasteiger partial charge is 0.255 e. The predicted molar refractivity (Wildman–Crippen MR) is 101 cm³/mol. The SMILES string of the molecule is CCC1CN2C=Nc3oc(C)c(C(=O)NCCc4ccccc4)c3C2=N1. The van der Waals surface area contributed by atoms with E-state index in [0.717, 1.165) is 30.8 Å². The van der Waals surface area contributed by atoms with Crippen molar-refractivity contribution < 1.29 is 9.21 Å². The predicted octanol–water partition coefficient (Wildman–Crippen LogP) is 3.07. The van der Waals surface area contributed by atoms with E-state index < -0.39 is 0 Å². The maximum absolute atomic E-state index is 12.8. The lowest BCUT2D eigenvalue weighted by atomic mass is 10.1. The molecule has 1 N–H and O–H groups in total. The molecule has 1 aromatic heterocycles. The fourth-order valence-electron chi connectivity index (χ4n) is 3.41. The number of carbonyl (C=O) groups is 1. The fraction of sp³-hybridized carbons (Fsp3) is 0.350. The maximum Gasteiger partial charge on any atom is 0.255 e. The second kappa shape index (κ2) is 6.78. The van der Waals surface area contributed by atoms with Gasteiger partial charge < -0.3 is 14.6 Å². The highest BCUT2D eigenvalue weighted by molar-refractivity contribution is 6.17. The molecule has 6 nitrogen and oxygen atoms in total. The first-order valence-electron chi connectivity index (χ1n) is 9.02. The third kappa shape index (κ3) is 2.92. The fourth-order valence-corrected chi connectivity index (χ4v) is 3.41. The van der Waals surface area contributed by atoms with Gasteiger partial charge in [-0.25, -0.2) is 4.99 Å². The van der Waals surface area contributed by atoms with Gasteiger partial charge in [0.05, 0.1) is 17.2 Å². The van der Waals surface area contributed by atoms with Gasteiger partial charge in [-0.15, -0.1) is 0 Å². The molecule has 6 heteroatoms. The number of hydrogen-bond donors (Lipinski definition) is 1. The van der Waals surface area contributed by atoms with Crippen molar-refractivity contribution >= 4 is 24.0 Å². The summed E-state index contributed by atoms with van der Waals surface area (Å²) in [7, 11) is 0. The molecule has 26 heavy (non-hydrogen) atoms. The number of nitrogens with one attached hydrogen (secondary N) is 1. The minimum absolute atomic E-state index is 0.136. The van der Waals surface area contributed by atoms with Crippen LogP contribution in [-0.2, 0) is 6.42 Å². The molecule has 1 atom stereocenters. The quantitative estimate of drug-likeness (QED) is 0.901. The molecule has 134 valence electrons. The van der Waals surface area contributed by atoms with E-state index in [1.165, 1.54) is 5.56 Å². The van der Waals surface area contributed by atoms with E-state index in [-0.39, 0.29) is 11.9 Å². The summed E-state index contributed by atoms with van der Waals surface area (Å²) in [4.78, 5) is 24.0. The van der Waals surface area contributed by atoms with Crippen LogP contribution in [0.5, 0.6) is 0 Å². The molecule has 0 bridgehead atoms. The summed E-state index contributed by atoms with van der Waals surface area (Å²) < 4.78 is 5.73. The molecule has 4 rings (SSSR count). The number of amides is 1. The Labute approximate surface area is 152 Å². The Morgan fingerprint density at radius 3 is 2.92 bits per heavy atom. The van der Waals surface area contributed by atoms with Crippen molar-refractivity contribution in [2.45, 2.75) is 32.7 Å². The molecule has 0 radical (unpaired) electrons. The summed E-state index contributed by atoms with van der Waals surface area (Å²) >= 11 is 0. The Bertz CT molecular complexity index is 883. The van der Waals surface area contributed by atoms with Crippen LogP contribution in [0, 0.1) is 6.92 Å². The van der Waals surface area contributed by atoms with Crippen molar-refractivity contribution in [2.75, 3.05) is 13.1 Å². The summed E-state index contributed by atoms with van der Waals surface area (Å²) in [5.41, 5.74) is 2.46. The minimum atomic E-state index is -0.136. The second-order valence-electron chi connectivity index (χ2n) is 6.62. The van der Waals surface area contributed by atoms with Gasteiger partial charge >= 0.3 is 0 Å². The van der Waals surface area contributed by atoms with Crippen LogP contribution in [0.4, 0.5) is 5.88 Å². The lowest BCUT2D eigenvalue weighted by Crippen LogP contribution is -2.33. The van der Waals surface area contributed by atoms with E-state index in [9.17, 15) is 4.79 Å². The molecule has 1 aromatic carbocycles. The minimum Gasteiger partial charge on any atom is -0.442 e. The number of nitrogens with zero attached hydrogens (tertiary/aromatic N) is 3. The number of amidine groups is 1. The first-order valence-corrected chi connectivity index (χ1v) is 9.02. The average molecular weight is 350 g/mol. The number of hydrogen-bond acceptors (Lipinski definition) is 5. The summed E-state index contributed by atoms with van der Waals surface area (Å²) in [5.74, 6) is 1.71. The maximum atomic E-state index is 12.8. The normalized spacial score (nSPS) is 17.7. The third-order valence-corrected chi connectivity index (χ3v) is 4.83. The van der Waals surface area contributed by atoms with Gasteiger partial charge in [0.15, 0.2) is 0 Å². The zero-order valence-electron chi connectivity index (χ0n) is 15.0. The number of aryl methyl sites for hydroxylation is 1. The van der Waals surface area contributed by atoms with Gasteiger partial charge in [-0.3, -0.25) is 9.79 Å². The van der Waals surface area contributed by atoms with E-state index in [1.807, 2.05) is 23.1 Å². The van der Waals surface area contributed by atoms with Gasteiger partial charge in [-0.05, 0) is 25.3 Å². The van der Waals surface area contributed by atoms with Crippen LogP contribution in [0.2, 0.25) is 0 Å². The van der Waals surface area contributed by atoms with Crippen LogP contribution in [0.25, 0.3) is 0 Å². The number of furan rings is 1. The summed E-state index contributed by atoms with van der Waals surface area (Å²) in [6.07, 6.45) is 3.49. The first kappa shape index (κ1) is 16.6. The van der Waals surface area contributed by atoms with Crippen molar-refractivity contribution in [1.82, 2.24) is 10.2 Å². The van der Waals surface area contributed by atoms with Crippen LogP contribution >= 0.6 is 0 Å². The van der Waals surface area contributed by atoms with Crippen molar-refractivity contribution in [1.29, 1.82) is 0 Å². The zero-order valence-corrected chi connectivity index (χ0v) is 15.0. The Balaban J connectivity index is 1.55. The van der Waals surface area contributed by atoms with Gasteiger partial charge in [0.2, 0.25) is 5.88 Å². The molecule has 0 fully saturated rings. The highest BCUT2D eigenvalue weighted by atomic mass is 16.4. The van der Waals surface area contributed by atoms with E-state index in [2.05, 4.69) is 29.4 Å². The van der Waals surface area contributed by atoms with E-state index in [1.54, 1.807) is 13.3 Å². The number of fused-ring (bicyclic) bond motifs is 3. The highest BCUT2D eigenvalue weighted by Gasteiger charge is 2.35. The molecule has 0 saturated carbocycles. The van der Waals surface area contributed by atoms with Crippen LogP contribution in [-0.4, -0.2) is 42.1 Å². The van der Waals surface area contributed by atoms with Gasteiger partial charge in [-0.2, -0.15) is 0 Å². The molecular weight excluding hydrogens is 328 g/mol. The van der Waals surface area contributed by atoms with Crippen molar-refractivity contribution in [3.05, 3.63) is 52.8 Å². The number of rotatable bonds is 5. The zero-order chi connectivity index (χ0) is 18.1. The Morgan fingerprint density at radius 1 is 1.35 bits per heavy atom. The molecule has 1 amide bonds. The summed E-state index contributed by atoms with van der Waals surface area (Å²) in [6.45, 7) is 5.29. The molecule has 2 aromatic rings. The van der Waals surface area contributed by atoms with Crippen molar-refractivity contribution in [3.63, 3.8) is 0 Å². The second-order valence-corrected chi connectivity index (χ2v) is 6.62. The number of benzene rings is 1. The van der Waals surface area contributed by atoms with Gasteiger partial charge in [-0.1, -0.05) is 37.3 Å². The first-order chi connectivity index (χ1) is 12.7. The average Bonchev–Trinajstić information content (AvgIpc) is 3.22. The van der Waals surface area contributed by atoms with Crippen molar-refractivity contribution in [2.24, 2.45) is 9.98 Å². The lowest BCUT2D eigenvalue weighted by molar-refractivity contribution is 0.0952. The Morgan fingerprint density at radius 2 is 2.15 bits per heavy atom. The van der Waals surface area contributed by atoms with Crippen molar-refractivity contribution in [3.8, 4) is 0 Å². The standard InChI is InChI=1S/C20H22N4O2/c1-3-15-11-24-12-22-20-17(18(24)23-15)16(13(2)26-20)19(25)21-10-9-14-7-5-4-6-8-14/h4-8,12,15H,3,9-11H2,1-2H3,(H,21,25). The van der Waals surface area contributed by atoms with Gasteiger partial charge in [0.25, 0.3) is 5.91 Å². The number of aliphatic imine (C=N–C) groups is 2. The molecule has 2 aliphatic heterocycles. The summed E-state index contributed by atoms with van der Waals surface area (Å²) in [6, 6.07) is 10.3. The van der Waals surface area contributed by atoms with Crippen LogP contribution in [0.3, 0.4) is 0 Å². The third-order valence-electron chi connectivity index (χ3n) is 4.83. The molecule has 0 aliphatic carbocycles. The van der Waals surface area contributed by atoms with E-state index >= 15 is 0 Å². The largest absolute Gasteiger partial charge is 0.442 e. The van der Waals surface area contributed by atoms with Crippen LogP contribution in [0.15, 0.2) is 44.7 Å². The van der Waals surface area contributed by atoms with E-state index in [0.29, 0.717) is 23.8 Å². The molecular formula is C20H22N4O2. The topological polar surface area (TPSA) is 70.2 Å². The molecule has 2 aliphatic rings. The van der Waals surface area contributed by atoms with Gasteiger partial charge in [0.1, 0.15) is 17.9 Å².